The van der Waals surface area contributed by atoms with Gasteiger partial charge in [0.25, 0.3) is 5.89 Å². The molecular formula is C14H14BrFN2O3. The highest BCUT2D eigenvalue weighted by Gasteiger charge is 2.25. The third-order valence-electron chi connectivity index (χ3n) is 2.89. The molecule has 7 heteroatoms. The molecule has 0 amide bonds. The van der Waals surface area contributed by atoms with E-state index in [1.54, 1.807) is 26.0 Å². The Labute approximate surface area is 129 Å². The lowest BCUT2D eigenvalue weighted by atomic mass is 9.86. The Morgan fingerprint density at radius 1 is 1.43 bits per heavy atom. The Kier molecular flexibility index (Phi) is 4.41. The molecule has 5 nitrogen and oxygen atoms in total. The van der Waals surface area contributed by atoms with Crippen LogP contribution in [0.1, 0.15) is 26.2 Å². The fourth-order valence-electron chi connectivity index (χ4n) is 1.98. The van der Waals surface area contributed by atoms with Gasteiger partial charge >= 0.3 is 5.97 Å². The quantitative estimate of drug-likeness (QED) is 0.883. The van der Waals surface area contributed by atoms with E-state index in [0.717, 1.165) is 0 Å². The number of rotatable bonds is 5. The van der Waals surface area contributed by atoms with Gasteiger partial charge in [-0.2, -0.15) is 0 Å². The van der Waals surface area contributed by atoms with Crippen LogP contribution in [0.2, 0.25) is 0 Å². The first-order chi connectivity index (χ1) is 9.77. The number of halogens is 2. The minimum Gasteiger partial charge on any atom is -0.481 e. The molecule has 0 aliphatic heterocycles. The summed E-state index contributed by atoms with van der Waals surface area (Å²) in [5, 5.41) is 16.5. The molecule has 1 aromatic carbocycles. The van der Waals surface area contributed by atoms with Crippen LogP contribution in [0.25, 0.3) is 11.5 Å². The molecule has 1 heterocycles. The Bertz CT molecular complexity index is 670. The van der Waals surface area contributed by atoms with Gasteiger partial charge in [-0.25, -0.2) is 4.39 Å². The predicted molar refractivity (Wildman–Crippen MR) is 77.1 cm³/mol. The van der Waals surface area contributed by atoms with Crippen molar-refractivity contribution in [3.05, 3.63) is 34.4 Å². The van der Waals surface area contributed by atoms with Gasteiger partial charge in [0.05, 0.1) is 12.0 Å². The maximum Gasteiger partial charge on any atom is 0.303 e. The largest absolute Gasteiger partial charge is 0.481 e. The van der Waals surface area contributed by atoms with Crippen molar-refractivity contribution in [3.63, 3.8) is 0 Å². The van der Waals surface area contributed by atoms with E-state index in [0.29, 0.717) is 10.9 Å². The summed E-state index contributed by atoms with van der Waals surface area (Å²) in [5.41, 5.74) is -0.315. The van der Waals surface area contributed by atoms with Crippen LogP contribution in [0.4, 0.5) is 4.39 Å². The molecule has 0 saturated carbocycles. The zero-order valence-corrected chi connectivity index (χ0v) is 13.1. The smallest absolute Gasteiger partial charge is 0.303 e. The number of nitrogens with zero attached hydrogens (tertiary/aromatic N) is 2. The summed E-state index contributed by atoms with van der Waals surface area (Å²) in [6.45, 7) is 3.59. The summed E-state index contributed by atoms with van der Waals surface area (Å²) in [5.74, 6) is -0.985. The molecule has 0 bridgehead atoms. The van der Waals surface area contributed by atoms with Gasteiger partial charge in [0.1, 0.15) is 5.82 Å². The summed E-state index contributed by atoms with van der Waals surface area (Å²) in [6.07, 6.45) is 0.290. The van der Waals surface area contributed by atoms with E-state index >= 15 is 0 Å². The van der Waals surface area contributed by atoms with E-state index in [2.05, 4.69) is 26.1 Å². The third kappa shape index (κ3) is 4.10. The topological polar surface area (TPSA) is 76.2 Å². The molecule has 0 unspecified atom stereocenters. The Morgan fingerprint density at radius 2 is 2.14 bits per heavy atom. The second kappa shape index (κ2) is 5.93. The van der Waals surface area contributed by atoms with Crippen molar-refractivity contribution < 1.29 is 18.7 Å². The monoisotopic (exact) mass is 356 g/mol. The molecule has 0 aliphatic carbocycles. The van der Waals surface area contributed by atoms with Gasteiger partial charge in [-0.3, -0.25) is 4.79 Å². The van der Waals surface area contributed by atoms with Crippen LogP contribution in [-0.2, 0) is 11.2 Å². The highest BCUT2D eigenvalue weighted by molar-refractivity contribution is 9.10. The molecule has 0 atom stereocenters. The van der Waals surface area contributed by atoms with Crippen molar-refractivity contribution in [2.24, 2.45) is 5.41 Å². The van der Waals surface area contributed by atoms with Gasteiger partial charge < -0.3 is 9.52 Å². The van der Waals surface area contributed by atoms with Crippen molar-refractivity contribution >= 4 is 21.9 Å². The number of carboxylic acid groups (broad SMARTS) is 1. The minimum atomic E-state index is -0.891. The van der Waals surface area contributed by atoms with Crippen molar-refractivity contribution in [1.29, 1.82) is 0 Å². The molecule has 112 valence electrons. The molecule has 21 heavy (non-hydrogen) atoms. The van der Waals surface area contributed by atoms with E-state index in [1.807, 2.05) is 0 Å². The summed E-state index contributed by atoms with van der Waals surface area (Å²) >= 11 is 3.25. The zero-order valence-electron chi connectivity index (χ0n) is 11.6. The molecule has 0 fully saturated rings. The SMILES string of the molecule is CC(C)(CC(=O)O)Cc1nnc(-c2cc(Br)ccc2F)o1. The van der Waals surface area contributed by atoms with Crippen LogP contribution in [0.3, 0.4) is 0 Å². The van der Waals surface area contributed by atoms with Crippen molar-refractivity contribution in [2.45, 2.75) is 26.7 Å². The molecule has 0 spiro atoms. The van der Waals surface area contributed by atoms with E-state index in [1.165, 1.54) is 6.07 Å². The summed E-state index contributed by atoms with van der Waals surface area (Å²) in [7, 11) is 0. The highest BCUT2D eigenvalue weighted by Crippen LogP contribution is 2.29. The van der Waals surface area contributed by atoms with Crippen LogP contribution in [0.5, 0.6) is 0 Å². The lowest BCUT2D eigenvalue weighted by Crippen LogP contribution is -2.19. The van der Waals surface area contributed by atoms with Crippen LogP contribution >= 0.6 is 15.9 Å². The van der Waals surface area contributed by atoms with E-state index < -0.39 is 17.2 Å². The van der Waals surface area contributed by atoms with Gasteiger partial charge in [0.15, 0.2) is 0 Å². The first-order valence-electron chi connectivity index (χ1n) is 6.26. The number of hydrogen-bond donors (Lipinski definition) is 1. The van der Waals surface area contributed by atoms with Gasteiger partial charge in [-0.15, -0.1) is 10.2 Å². The second-order valence-electron chi connectivity index (χ2n) is 5.54. The van der Waals surface area contributed by atoms with E-state index in [4.69, 9.17) is 9.52 Å². The average molecular weight is 357 g/mol. The Morgan fingerprint density at radius 3 is 2.81 bits per heavy atom. The number of aliphatic carboxylic acids is 1. The molecule has 0 radical (unpaired) electrons. The predicted octanol–water partition coefficient (Wildman–Crippen LogP) is 3.68. The maximum atomic E-state index is 13.7. The normalized spacial score (nSPS) is 11.6. The molecule has 1 aromatic heterocycles. The first-order valence-corrected chi connectivity index (χ1v) is 7.06. The Balaban J connectivity index is 2.22. The summed E-state index contributed by atoms with van der Waals surface area (Å²) in [6, 6.07) is 4.43. The van der Waals surface area contributed by atoms with Gasteiger partial charge in [0, 0.05) is 10.9 Å². The second-order valence-corrected chi connectivity index (χ2v) is 6.45. The molecule has 0 aliphatic rings. The van der Waals surface area contributed by atoms with E-state index in [9.17, 15) is 9.18 Å². The number of hydrogen-bond acceptors (Lipinski definition) is 4. The number of aromatic nitrogens is 2. The van der Waals surface area contributed by atoms with Gasteiger partial charge in [0.2, 0.25) is 5.89 Å². The summed E-state index contributed by atoms with van der Waals surface area (Å²) < 4.78 is 19.9. The first kappa shape index (κ1) is 15.6. The van der Waals surface area contributed by atoms with Gasteiger partial charge in [-0.05, 0) is 23.6 Å². The van der Waals surface area contributed by atoms with Crippen LogP contribution in [-0.4, -0.2) is 21.3 Å². The lowest BCUT2D eigenvalue weighted by molar-refractivity contribution is -0.139. The van der Waals surface area contributed by atoms with Crippen LogP contribution < -0.4 is 0 Å². The summed E-state index contributed by atoms with van der Waals surface area (Å²) in [4.78, 5) is 10.8. The fourth-order valence-corrected chi connectivity index (χ4v) is 2.34. The van der Waals surface area contributed by atoms with E-state index in [-0.39, 0.29) is 23.8 Å². The van der Waals surface area contributed by atoms with Crippen LogP contribution in [0.15, 0.2) is 27.1 Å². The van der Waals surface area contributed by atoms with Crippen molar-refractivity contribution in [3.8, 4) is 11.5 Å². The molecule has 2 aromatic rings. The highest BCUT2D eigenvalue weighted by atomic mass is 79.9. The Hall–Kier alpha value is -1.76. The fraction of sp³-hybridized carbons (Fsp3) is 0.357. The lowest BCUT2D eigenvalue weighted by Gasteiger charge is -2.19. The van der Waals surface area contributed by atoms with Crippen molar-refractivity contribution in [1.82, 2.24) is 10.2 Å². The maximum absolute atomic E-state index is 13.7. The number of carbonyl (C=O) groups is 1. The molecular weight excluding hydrogens is 343 g/mol. The zero-order chi connectivity index (χ0) is 15.6. The number of carboxylic acids is 1. The number of benzene rings is 1. The average Bonchev–Trinajstić information content (AvgIpc) is 2.78. The standard InChI is InChI=1S/C14H14BrFN2O3/c1-14(2,7-12(19)20)6-11-17-18-13(21-11)9-5-8(15)3-4-10(9)16/h3-5H,6-7H2,1-2H3,(H,19,20). The van der Waals surface area contributed by atoms with Crippen molar-refractivity contribution in [2.75, 3.05) is 0 Å². The molecule has 1 N–H and O–H groups in total. The molecule has 2 rings (SSSR count). The van der Waals surface area contributed by atoms with Gasteiger partial charge in [-0.1, -0.05) is 29.8 Å². The third-order valence-corrected chi connectivity index (χ3v) is 3.38. The minimum absolute atomic E-state index is 0.0179. The molecule has 0 saturated heterocycles. The van der Waals surface area contributed by atoms with Crippen LogP contribution in [0, 0.1) is 11.2 Å².